The monoisotopic (exact) mass is 311 g/mol. The largest absolute Gasteiger partial charge is 0.277 e. The molecule has 2 rings (SSSR count). The molecule has 0 aliphatic heterocycles. The quantitative estimate of drug-likeness (QED) is 0.597. The molecule has 0 aromatic heterocycles. The van der Waals surface area contributed by atoms with Crippen LogP contribution in [0.1, 0.15) is 0 Å². The number of nitrogens with zero attached hydrogens (tertiary/aromatic N) is 1. The number of rotatable bonds is 2. The van der Waals surface area contributed by atoms with Gasteiger partial charge in [-0.1, -0.05) is 35.9 Å². The van der Waals surface area contributed by atoms with Crippen molar-refractivity contribution in [1.29, 1.82) is 0 Å². The Morgan fingerprint density at radius 3 is 2.41 bits per heavy atom. The highest BCUT2D eigenvalue weighted by molar-refractivity contribution is 9.10. The molecule has 0 bridgehead atoms. The molecule has 0 spiro atoms. The first-order chi connectivity index (χ1) is 8.11. The van der Waals surface area contributed by atoms with Gasteiger partial charge in [0.1, 0.15) is 0 Å². The van der Waals surface area contributed by atoms with Crippen molar-refractivity contribution in [2.45, 2.75) is 0 Å². The summed E-state index contributed by atoms with van der Waals surface area (Å²) in [4.78, 5) is 10.5. The van der Waals surface area contributed by atoms with Gasteiger partial charge in [-0.2, -0.15) is 0 Å². The number of hydrogen-bond acceptors (Lipinski definition) is 2. The topological polar surface area (TPSA) is 43.1 Å². The SMILES string of the molecule is O=[N+]([O-])c1ccccc1-c1cccc(Cl)c1Br. The summed E-state index contributed by atoms with van der Waals surface area (Å²) in [6.07, 6.45) is 0. The van der Waals surface area contributed by atoms with Gasteiger partial charge in [-0.3, -0.25) is 10.1 Å². The fraction of sp³-hybridized carbons (Fsp3) is 0. The molecule has 86 valence electrons. The molecule has 0 heterocycles. The average Bonchev–Trinajstić information content (AvgIpc) is 2.33. The van der Waals surface area contributed by atoms with E-state index in [4.69, 9.17) is 11.6 Å². The molecule has 2 aromatic carbocycles. The van der Waals surface area contributed by atoms with E-state index < -0.39 is 4.92 Å². The molecule has 2 aromatic rings. The van der Waals surface area contributed by atoms with Crippen LogP contribution in [0.5, 0.6) is 0 Å². The summed E-state index contributed by atoms with van der Waals surface area (Å²) in [5.41, 5.74) is 1.33. The lowest BCUT2D eigenvalue weighted by molar-refractivity contribution is -0.384. The Morgan fingerprint density at radius 1 is 1.06 bits per heavy atom. The number of halogens is 2. The van der Waals surface area contributed by atoms with Gasteiger partial charge in [-0.15, -0.1) is 0 Å². The van der Waals surface area contributed by atoms with Crippen molar-refractivity contribution in [2.24, 2.45) is 0 Å². The van der Waals surface area contributed by atoms with Crippen LogP contribution in [-0.2, 0) is 0 Å². The Labute approximate surface area is 111 Å². The van der Waals surface area contributed by atoms with Gasteiger partial charge in [-0.05, 0) is 28.1 Å². The second kappa shape index (κ2) is 4.85. The van der Waals surface area contributed by atoms with Crippen molar-refractivity contribution in [1.82, 2.24) is 0 Å². The summed E-state index contributed by atoms with van der Waals surface area (Å²) in [7, 11) is 0. The first kappa shape index (κ1) is 12.1. The molecule has 0 amide bonds. The Balaban J connectivity index is 2.69. The molecule has 17 heavy (non-hydrogen) atoms. The van der Waals surface area contributed by atoms with Gasteiger partial charge in [0.25, 0.3) is 5.69 Å². The number of hydrogen-bond donors (Lipinski definition) is 0. The molecule has 0 aliphatic carbocycles. The van der Waals surface area contributed by atoms with Crippen molar-refractivity contribution in [2.75, 3.05) is 0 Å². The highest BCUT2D eigenvalue weighted by Crippen LogP contribution is 2.37. The van der Waals surface area contributed by atoms with E-state index >= 15 is 0 Å². The van der Waals surface area contributed by atoms with Gasteiger partial charge in [0, 0.05) is 16.1 Å². The van der Waals surface area contributed by atoms with Gasteiger partial charge in [-0.25, -0.2) is 0 Å². The second-order valence-electron chi connectivity index (χ2n) is 3.38. The highest BCUT2D eigenvalue weighted by atomic mass is 79.9. The minimum absolute atomic E-state index is 0.0652. The van der Waals surface area contributed by atoms with Crippen LogP contribution < -0.4 is 0 Å². The maximum absolute atomic E-state index is 10.9. The summed E-state index contributed by atoms with van der Waals surface area (Å²) >= 11 is 9.32. The van der Waals surface area contributed by atoms with Crippen LogP contribution in [0, 0.1) is 10.1 Å². The second-order valence-corrected chi connectivity index (χ2v) is 4.58. The van der Waals surface area contributed by atoms with E-state index in [0.29, 0.717) is 20.6 Å². The van der Waals surface area contributed by atoms with Gasteiger partial charge in [0.05, 0.1) is 15.5 Å². The van der Waals surface area contributed by atoms with Crippen LogP contribution in [0.4, 0.5) is 5.69 Å². The highest BCUT2D eigenvalue weighted by Gasteiger charge is 2.16. The molecular weight excluding hydrogens is 305 g/mol. The molecule has 0 unspecified atom stereocenters. The number of nitro benzene ring substituents is 1. The maximum Gasteiger partial charge on any atom is 0.277 e. The summed E-state index contributed by atoms with van der Waals surface area (Å²) in [5.74, 6) is 0. The van der Waals surface area contributed by atoms with Crippen molar-refractivity contribution in [3.05, 3.63) is 62.1 Å². The lowest BCUT2D eigenvalue weighted by Crippen LogP contribution is -1.92. The van der Waals surface area contributed by atoms with Crippen molar-refractivity contribution < 1.29 is 4.92 Å². The first-order valence-corrected chi connectivity index (χ1v) is 5.96. The van der Waals surface area contributed by atoms with Crippen molar-refractivity contribution in [3.63, 3.8) is 0 Å². The van der Waals surface area contributed by atoms with E-state index in [9.17, 15) is 10.1 Å². The van der Waals surface area contributed by atoms with Crippen LogP contribution in [-0.4, -0.2) is 4.92 Å². The minimum Gasteiger partial charge on any atom is -0.258 e. The van der Waals surface area contributed by atoms with Crippen LogP contribution in [0.2, 0.25) is 5.02 Å². The van der Waals surface area contributed by atoms with Crippen LogP contribution in [0.3, 0.4) is 0 Å². The predicted molar refractivity (Wildman–Crippen MR) is 71.2 cm³/mol. The zero-order valence-electron chi connectivity index (χ0n) is 8.56. The van der Waals surface area contributed by atoms with Gasteiger partial charge >= 0.3 is 0 Å². The number of benzene rings is 2. The lowest BCUT2D eigenvalue weighted by Gasteiger charge is -2.06. The molecule has 0 radical (unpaired) electrons. The first-order valence-electron chi connectivity index (χ1n) is 4.79. The van der Waals surface area contributed by atoms with Crippen molar-refractivity contribution >= 4 is 33.2 Å². The van der Waals surface area contributed by atoms with Crippen molar-refractivity contribution in [3.8, 4) is 11.1 Å². The van der Waals surface area contributed by atoms with E-state index in [1.54, 1.807) is 36.4 Å². The molecule has 0 aliphatic rings. The maximum atomic E-state index is 10.9. The molecular formula is C12H7BrClNO2. The normalized spacial score (nSPS) is 10.2. The molecule has 0 saturated carbocycles. The smallest absolute Gasteiger partial charge is 0.258 e. The molecule has 3 nitrogen and oxygen atoms in total. The Bertz CT molecular complexity index is 586. The Morgan fingerprint density at radius 2 is 1.71 bits per heavy atom. The van der Waals surface area contributed by atoms with E-state index in [2.05, 4.69) is 15.9 Å². The van der Waals surface area contributed by atoms with Gasteiger partial charge in [0.15, 0.2) is 0 Å². The third-order valence-electron chi connectivity index (χ3n) is 2.34. The van der Waals surface area contributed by atoms with E-state index in [1.165, 1.54) is 6.07 Å². The lowest BCUT2D eigenvalue weighted by atomic mass is 10.0. The van der Waals surface area contributed by atoms with Crippen LogP contribution >= 0.6 is 27.5 Å². The average molecular weight is 313 g/mol. The molecule has 0 saturated heterocycles. The zero-order chi connectivity index (χ0) is 12.4. The van der Waals surface area contributed by atoms with Crippen LogP contribution in [0.15, 0.2) is 46.9 Å². The van der Waals surface area contributed by atoms with E-state index in [-0.39, 0.29) is 5.69 Å². The number of nitro groups is 1. The predicted octanol–water partition coefficient (Wildman–Crippen LogP) is 4.68. The molecule has 5 heteroatoms. The third kappa shape index (κ3) is 2.33. The molecule has 0 atom stereocenters. The fourth-order valence-electron chi connectivity index (χ4n) is 1.57. The van der Waals surface area contributed by atoms with Crippen LogP contribution in [0.25, 0.3) is 11.1 Å². The Hall–Kier alpha value is -1.39. The van der Waals surface area contributed by atoms with Gasteiger partial charge < -0.3 is 0 Å². The van der Waals surface area contributed by atoms with E-state index in [1.807, 2.05) is 0 Å². The third-order valence-corrected chi connectivity index (χ3v) is 3.74. The Kier molecular flexibility index (Phi) is 3.45. The van der Waals surface area contributed by atoms with Gasteiger partial charge in [0.2, 0.25) is 0 Å². The minimum atomic E-state index is -0.400. The summed E-state index contributed by atoms with van der Waals surface area (Å²) < 4.78 is 0.663. The summed E-state index contributed by atoms with van der Waals surface area (Å²) in [5, 5.41) is 11.5. The standard InChI is InChI=1S/C12H7BrClNO2/c13-12-9(5-3-6-10(12)14)8-4-1-2-7-11(8)15(16)17/h1-7H. The number of para-hydroxylation sites is 1. The zero-order valence-corrected chi connectivity index (χ0v) is 10.9. The molecule has 0 fully saturated rings. The fourth-order valence-corrected chi connectivity index (χ4v) is 2.22. The summed E-state index contributed by atoms with van der Waals surface area (Å²) in [6.45, 7) is 0. The summed E-state index contributed by atoms with van der Waals surface area (Å²) in [6, 6.07) is 11.9. The molecule has 0 N–H and O–H groups in total. The van der Waals surface area contributed by atoms with E-state index in [0.717, 1.165) is 0 Å².